The molecule has 0 spiro atoms. The second kappa shape index (κ2) is 65.4. The van der Waals surface area contributed by atoms with Gasteiger partial charge in [-0.05, 0) is 49.4 Å². The highest BCUT2D eigenvalue weighted by Crippen LogP contribution is 2.45. The quantitative estimate of drug-likeness (QED) is 0.0222. The van der Waals surface area contributed by atoms with Crippen LogP contribution in [-0.4, -0.2) is 96.7 Å². The van der Waals surface area contributed by atoms with Gasteiger partial charge in [-0.1, -0.05) is 331 Å². The molecule has 0 rings (SSSR count). The van der Waals surface area contributed by atoms with Gasteiger partial charge in [0.2, 0.25) is 0 Å². The normalized spacial score (nSPS) is 14.4. The highest BCUT2D eigenvalue weighted by Gasteiger charge is 2.30. The van der Waals surface area contributed by atoms with E-state index in [0.29, 0.717) is 37.5 Å². The molecule has 0 aliphatic heterocycles. The molecule has 19 heteroatoms. The third kappa shape index (κ3) is 69.0. The topological polar surface area (TPSA) is 237 Å². The summed E-state index contributed by atoms with van der Waals surface area (Å²) in [6.45, 7) is 14.1. The van der Waals surface area contributed by atoms with Crippen LogP contribution in [0.25, 0.3) is 0 Å². The molecule has 0 aromatic carbocycles. The van der Waals surface area contributed by atoms with Gasteiger partial charge in [0.05, 0.1) is 26.4 Å². The number of carbonyl (C=O) groups is 4. The third-order valence-electron chi connectivity index (χ3n) is 17.9. The summed E-state index contributed by atoms with van der Waals surface area (Å²) in [6, 6.07) is 0. The number of hydrogen-bond acceptors (Lipinski definition) is 15. The number of aliphatic hydroxyl groups is 1. The maximum Gasteiger partial charge on any atom is 0.472 e. The minimum atomic E-state index is -4.96. The number of rotatable bonds is 73. The number of ether oxygens (including phenoxy) is 4. The molecule has 3 N–H and O–H groups in total. The van der Waals surface area contributed by atoms with Crippen molar-refractivity contribution in [3.63, 3.8) is 0 Å². The minimum absolute atomic E-state index is 0.101. The molecule has 0 heterocycles. The number of carbonyl (C=O) groups excluding carboxylic acids is 4. The lowest BCUT2D eigenvalue weighted by atomic mass is 9.99. The van der Waals surface area contributed by atoms with E-state index in [9.17, 15) is 43.2 Å². The Morgan fingerprint density at radius 2 is 0.505 bits per heavy atom. The summed E-state index contributed by atoms with van der Waals surface area (Å²) >= 11 is 0. The smallest absolute Gasteiger partial charge is 0.462 e. The van der Waals surface area contributed by atoms with Gasteiger partial charge in [0.1, 0.15) is 19.3 Å². The van der Waals surface area contributed by atoms with Crippen LogP contribution in [0.2, 0.25) is 0 Å². The monoisotopic (exact) mass is 1400 g/mol. The molecule has 95 heavy (non-hydrogen) atoms. The average molecular weight is 1400 g/mol. The first-order valence-electron chi connectivity index (χ1n) is 39.2. The number of hydrogen-bond donors (Lipinski definition) is 3. The van der Waals surface area contributed by atoms with Crippen molar-refractivity contribution in [1.29, 1.82) is 0 Å². The summed E-state index contributed by atoms with van der Waals surface area (Å²) in [4.78, 5) is 72.7. The molecule has 0 bridgehead atoms. The van der Waals surface area contributed by atoms with Crippen LogP contribution in [-0.2, 0) is 65.4 Å². The van der Waals surface area contributed by atoms with E-state index in [0.717, 1.165) is 108 Å². The van der Waals surface area contributed by atoms with Crippen LogP contribution in [0.5, 0.6) is 0 Å². The van der Waals surface area contributed by atoms with Crippen molar-refractivity contribution >= 4 is 39.5 Å². The van der Waals surface area contributed by atoms with Crippen LogP contribution in [0.15, 0.2) is 0 Å². The van der Waals surface area contributed by atoms with Gasteiger partial charge in [0.15, 0.2) is 12.2 Å². The van der Waals surface area contributed by atoms with E-state index in [1.165, 1.54) is 180 Å². The largest absolute Gasteiger partial charge is 0.472 e. The minimum Gasteiger partial charge on any atom is -0.462 e. The van der Waals surface area contributed by atoms with Crippen LogP contribution in [0.4, 0.5) is 0 Å². The molecule has 0 aliphatic rings. The molecular weight excluding hydrogens is 1250 g/mol. The Labute approximate surface area is 581 Å². The van der Waals surface area contributed by atoms with Gasteiger partial charge in [-0.3, -0.25) is 37.3 Å². The second-order valence-corrected chi connectivity index (χ2v) is 32.0. The van der Waals surface area contributed by atoms with E-state index in [4.69, 9.17) is 37.0 Å². The van der Waals surface area contributed by atoms with Gasteiger partial charge < -0.3 is 33.8 Å². The van der Waals surface area contributed by atoms with Crippen molar-refractivity contribution in [2.45, 2.75) is 401 Å². The molecule has 564 valence electrons. The molecular formula is C76H148O17P2. The molecule has 0 aromatic heterocycles. The van der Waals surface area contributed by atoms with Gasteiger partial charge in [-0.15, -0.1) is 0 Å². The highest BCUT2D eigenvalue weighted by molar-refractivity contribution is 7.47. The van der Waals surface area contributed by atoms with Crippen molar-refractivity contribution in [3.8, 4) is 0 Å². The third-order valence-corrected chi connectivity index (χ3v) is 19.8. The summed E-state index contributed by atoms with van der Waals surface area (Å²) in [5.41, 5.74) is 0. The number of phosphoric acid groups is 2. The van der Waals surface area contributed by atoms with Crippen LogP contribution in [0, 0.1) is 23.7 Å². The molecule has 4 unspecified atom stereocenters. The fourth-order valence-corrected chi connectivity index (χ4v) is 13.1. The lowest BCUT2D eigenvalue weighted by molar-refractivity contribution is -0.161. The molecule has 0 aromatic rings. The fourth-order valence-electron chi connectivity index (χ4n) is 11.5. The molecule has 17 nitrogen and oxygen atoms in total. The summed E-state index contributed by atoms with van der Waals surface area (Å²) < 4.78 is 68.4. The maximum atomic E-state index is 13.1. The average Bonchev–Trinajstić information content (AvgIpc) is 1.89. The van der Waals surface area contributed by atoms with E-state index in [1.807, 2.05) is 0 Å². The van der Waals surface area contributed by atoms with Gasteiger partial charge in [-0.25, -0.2) is 9.13 Å². The van der Waals surface area contributed by atoms with E-state index >= 15 is 0 Å². The van der Waals surface area contributed by atoms with Gasteiger partial charge >= 0.3 is 39.5 Å². The Bertz CT molecular complexity index is 1870. The zero-order valence-corrected chi connectivity index (χ0v) is 64.1. The van der Waals surface area contributed by atoms with Crippen molar-refractivity contribution < 1.29 is 80.2 Å². The molecule has 6 atom stereocenters. The summed E-state index contributed by atoms with van der Waals surface area (Å²) in [5, 5.41) is 10.6. The van der Waals surface area contributed by atoms with Gasteiger partial charge in [0.25, 0.3) is 0 Å². The Morgan fingerprint density at radius 1 is 0.295 bits per heavy atom. The molecule has 0 aliphatic carbocycles. The van der Waals surface area contributed by atoms with Crippen LogP contribution in [0.1, 0.15) is 383 Å². The Hall–Kier alpha value is -1.94. The lowest BCUT2D eigenvalue weighted by Gasteiger charge is -2.21. The predicted molar refractivity (Wildman–Crippen MR) is 386 cm³/mol. The maximum absolute atomic E-state index is 13.1. The lowest BCUT2D eigenvalue weighted by Crippen LogP contribution is -2.30. The zero-order chi connectivity index (χ0) is 70.3. The van der Waals surface area contributed by atoms with E-state index < -0.39 is 97.5 Å². The molecule has 0 fully saturated rings. The zero-order valence-electron chi connectivity index (χ0n) is 62.3. The van der Waals surface area contributed by atoms with Gasteiger partial charge in [0, 0.05) is 25.7 Å². The Kier molecular flexibility index (Phi) is 64.0. The van der Waals surface area contributed by atoms with Crippen molar-refractivity contribution in [2.75, 3.05) is 39.6 Å². The Balaban J connectivity index is 5.21. The van der Waals surface area contributed by atoms with E-state index in [1.54, 1.807) is 0 Å². The van der Waals surface area contributed by atoms with Crippen LogP contribution < -0.4 is 0 Å². The van der Waals surface area contributed by atoms with Crippen molar-refractivity contribution in [3.05, 3.63) is 0 Å². The number of unbranched alkanes of at least 4 members (excludes halogenated alkanes) is 38. The fraction of sp³-hybridized carbons (Fsp3) is 0.947. The summed E-state index contributed by atoms with van der Waals surface area (Å²) in [7, 11) is -9.91. The summed E-state index contributed by atoms with van der Waals surface area (Å²) in [5.74, 6) is 0.900. The van der Waals surface area contributed by atoms with Crippen molar-refractivity contribution in [1.82, 2.24) is 0 Å². The molecule has 0 amide bonds. The van der Waals surface area contributed by atoms with E-state index in [2.05, 4.69) is 55.4 Å². The van der Waals surface area contributed by atoms with E-state index in [-0.39, 0.29) is 25.7 Å². The summed E-state index contributed by atoms with van der Waals surface area (Å²) in [6.07, 6.45) is 50.2. The standard InChI is InChI=1S/C76H148O17P2/c1-9-69(8)55-47-39-30-24-20-16-13-14-18-22-26-32-42-50-58-75(80)92-71(62-86-73(78)56-48-40-31-25-21-17-12-10-11-15-19-23-28-36-44-52-66(2)3)64-90-94(82,83)88-60-70(77)61-89-95(84,85)91-65-72(93-76(81)59-51-43-35-34-38-46-54-68(6)7)63-87-74(79)57-49-41-33-27-29-37-45-53-67(4)5/h66-72,77H,9-65H2,1-8H3,(H,82,83)(H,84,85)/t69?,70?,71-,72-/m1/s1. The molecule has 0 saturated heterocycles. The van der Waals surface area contributed by atoms with Crippen molar-refractivity contribution in [2.24, 2.45) is 23.7 Å². The van der Waals surface area contributed by atoms with Gasteiger partial charge in [-0.2, -0.15) is 0 Å². The van der Waals surface area contributed by atoms with Crippen LogP contribution >= 0.6 is 15.6 Å². The first kappa shape index (κ1) is 93.1. The Morgan fingerprint density at radius 3 is 0.747 bits per heavy atom. The number of aliphatic hydroxyl groups excluding tert-OH is 1. The first-order chi connectivity index (χ1) is 45.6. The number of phosphoric ester groups is 2. The SMILES string of the molecule is CCC(C)CCCCCCCCCCCCCCCCC(=O)O[C@H](COC(=O)CCCCCCCCCCCCCCCCCC(C)C)COP(=O)(O)OCC(O)COP(=O)(O)OC[C@@H](COC(=O)CCCCCCCCCC(C)C)OC(=O)CCCCCCCCC(C)C. The number of esters is 4. The molecule has 0 saturated carbocycles. The molecule has 0 radical (unpaired) electrons. The predicted octanol–water partition coefficient (Wildman–Crippen LogP) is 22.0. The first-order valence-corrected chi connectivity index (χ1v) is 42.2. The highest BCUT2D eigenvalue weighted by atomic mass is 31.2. The second-order valence-electron chi connectivity index (χ2n) is 29.1. The van der Waals surface area contributed by atoms with Crippen LogP contribution in [0.3, 0.4) is 0 Å².